The molecular formula is C13H19NO3. The Bertz CT molecular complexity index is 392. The van der Waals surface area contributed by atoms with Crippen LogP contribution < -0.4 is 10.1 Å². The molecule has 4 heteroatoms. The molecule has 1 aromatic rings. The summed E-state index contributed by atoms with van der Waals surface area (Å²) in [6, 6.07) is 7.64. The maximum absolute atomic E-state index is 11.7. The number of likely N-dealkylation sites (N-methyl/N-ethyl adjacent to an activating group) is 1. The van der Waals surface area contributed by atoms with Gasteiger partial charge in [-0.05, 0) is 25.6 Å². The van der Waals surface area contributed by atoms with E-state index in [0.717, 1.165) is 11.3 Å². The Balaban J connectivity index is 2.98. The number of hydrogen-bond acceptors (Lipinski definition) is 4. The summed E-state index contributed by atoms with van der Waals surface area (Å²) in [5.74, 6) is 0.490. The molecule has 0 heterocycles. The van der Waals surface area contributed by atoms with E-state index in [2.05, 4.69) is 5.32 Å². The SMILES string of the molecule is CNC(C)(Cc1ccccc1OC)C(=O)OC. The van der Waals surface area contributed by atoms with Crippen molar-refractivity contribution in [3.63, 3.8) is 0 Å². The third-order valence-corrected chi connectivity index (χ3v) is 2.92. The first-order valence-corrected chi connectivity index (χ1v) is 5.46. The predicted octanol–water partition coefficient (Wildman–Crippen LogP) is 1.39. The molecule has 1 rings (SSSR count). The van der Waals surface area contributed by atoms with Gasteiger partial charge in [0.2, 0.25) is 0 Å². The van der Waals surface area contributed by atoms with Crippen molar-refractivity contribution in [2.24, 2.45) is 0 Å². The first kappa shape index (κ1) is 13.5. The van der Waals surface area contributed by atoms with Crippen molar-refractivity contribution < 1.29 is 14.3 Å². The Hall–Kier alpha value is -1.55. The normalized spacial score (nSPS) is 13.9. The number of benzene rings is 1. The van der Waals surface area contributed by atoms with Gasteiger partial charge in [-0.25, -0.2) is 0 Å². The summed E-state index contributed by atoms with van der Waals surface area (Å²) in [5.41, 5.74) is 0.223. The number of methoxy groups -OCH3 is 2. The zero-order valence-corrected chi connectivity index (χ0v) is 10.7. The summed E-state index contributed by atoms with van der Waals surface area (Å²) < 4.78 is 10.1. The van der Waals surface area contributed by atoms with Crippen molar-refractivity contribution in [1.82, 2.24) is 5.32 Å². The van der Waals surface area contributed by atoms with Crippen LogP contribution in [0.15, 0.2) is 24.3 Å². The molecule has 1 N–H and O–H groups in total. The average Bonchev–Trinajstić information content (AvgIpc) is 2.38. The number of rotatable bonds is 5. The van der Waals surface area contributed by atoms with Crippen LogP contribution in [0.5, 0.6) is 5.75 Å². The molecule has 0 fully saturated rings. The molecule has 0 bridgehead atoms. The van der Waals surface area contributed by atoms with Crippen molar-refractivity contribution in [3.05, 3.63) is 29.8 Å². The van der Waals surface area contributed by atoms with Crippen molar-refractivity contribution in [1.29, 1.82) is 0 Å². The number of esters is 1. The van der Waals surface area contributed by atoms with Crippen molar-refractivity contribution in [2.75, 3.05) is 21.3 Å². The highest BCUT2D eigenvalue weighted by Crippen LogP contribution is 2.23. The third-order valence-electron chi connectivity index (χ3n) is 2.92. The molecule has 1 aromatic carbocycles. The molecule has 0 spiro atoms. The first-order valence-electron chi connectivity index (χ1n) is 5.46. The van der Waals surface area contributed by atoms with Crippen molar-refractivity contribution in [2.45, 2.75) is 18.9 Å². The van der Waals surface area contributed by atoms with Gasteiger partial charge >= 0.3 is 5.97 Å². The van der Waals surface area contributed by atoms with Gasteiger partial charge in [0.15, 0.2) is 0 Å². The van der Waals surface area contributed by atoms with Crippen LogP contribution in [-0.2, 0) is 16.0 Å². The zero-order valence-electron chi connectivity index (χ0n) is 10.7. The van der Waals surface area contributed by atoms with E-state index < -0.39 is 5.54 Å². The van der Waals surface area contributed by atoms with Gasteiger partial charge in [-0.1, -0.05) is 18.2 Å². The third kappa shape index (κ3) is 2.97. The highest BCUT2D eigenvalue weighted by atomic mass is 16.5. The summed E-state index contributed by atoms with van der Waals surface area (Å²) in [5, 5.41) is 3.00. The van der Waals surface area contributed by atoms with E-state index in [1.807, 2.05) is 31.2 Å². The van der Waals surface area contributed by atoms with Crippen LogP contribution >= 0.6 is 0 Å². The second-order valence-corrected chi connectivity index (χ2v) is 4.06. The topological polar surface area (TPSA) is 47.6 Å². The Morgan fingerprint density at radius 3 is 2.53 bits per heavy atom. The number of carbonyl (C=O) groups excluding carboxylic acids is 1. The maximum atomic E-state index is 11.7. The Kier molecular flexibility index (Phi) is 4.52. The number of ether oxygens (including phenoxy) is 2. The molecule has 1 atom stereocenters. The predicted molar refractivity (Wildman–Crippen MR) is 66.2 cm³/mol. The van der Waals surface area contributed by atoms with Gasteiger partial charge in [0.25, 0.3) is 0 Å². The van der Waals surface area contributed by atoms with Gasteiger partial charge in [0.1, 0.15) is 11.3 Å². The van der Waals surface area contributed by atoms with Gasteiger partial charge in [-0.2, -0.15) is 0 Å². The monoisotopic (exact) mass is 237 g/mol. The second kappa shape index (κ2) is 5.68. The van der Waals surface area contributed by atoms with Crippen molar-refractivity contribution >= 4 is 5.97 Å². The van der Waals surface area contributed by atoms with E-state index >= 15 is 0 Å². The van der Waals surface area contributed by atoms with Gasteiger partial charge in [-0.15, -0.1) is 0 Å². The minimum Gasteiger partial charge on any atom is -0.496 e. The summed E-state index contributed by atoms with van der Waals surface area (Å²) in [4.78, 5) is 11.7. The van der Waals surface area contributed by atoms with Crippen LogP contribution in [0.1, 0.15) is 12.5 Å². The highest BCUT2D eigenvalue weighted by molar-refractivity contribution is 5.80. The molecule has 1 unspecified atom stereocenters. The molecule has 4 nitrogen and oxygen atoms in total. The van der Waals surface area contributed by atoms with E-state index in [1.54, 1.807) is 14.2 Å². The van der Waals surface area contributed by atoms with E-state index in [4.69, 9.17) is 9.47 Å². The molecule has 0 aliphatic carbocycles. The lowest BCUT2D eigenvalue weighted by Crippen LogP contribution is -2.50. The number of para-hydroxylation sites is 1. The molecule has 0 amide bonds. The first-order chi connectivity index (χ1) is 8.07. The summed E-state index contributed by atoms with van der Waals surface area (Å²) >= 11 is 0. The Morgan fingerprint density at radius 2 is 2.00 bits per heavy atom. The minimum absolute atomic E-state index is 0.286. The van der Waals surface area contributed by atoms with E-state index in [0.29, 0.717) is 6.42 Å². The Morgan fingerprint density at radius 1 is 1.35 bits per heavy atom. The Labute approximate surface area is 102 Å². The molecule has 0 aromatic heterocycles. The van der Waals surface area contributed by atoms with E-state index in [-0.39, 0.29) is 5.97 Å². The van der Waals surface area contributed by atoms with Gasteiger partial charge in [0, 0.05) is 6.42 Å². The fourth-order valence-corrected chi connectivity index (χ4v) is 1.72. The lowest BCUT2D eigenvalue weighted by molar-refractivity contribution is -0.147. The summed E-state index contributed by atoms with van der Waals surface area (Å²) in [6.07, 6.45) is 0.514. The van der Waals surface area contributed by atoms with Crippen LogP contribution in [0, 0.1) is 0 Å². The fourth-order valence-electron chi connectivity index (χ4n) is 1.72. The van der Waals surface area contributed by atoms with E-state index in [1.165, 1.54) is 7.11 Å². The lowest BCUT2D eigenvalue weighted by atomic mass is 9.92. The van der Waals surface area contributed by atoms with Crippen LogP contribution in [-0.4, -0.2) is 32.8 Å². The van der Waals surface area contributed by atoms with Crippen LogP contribution in [0.3, 0.4) is 0 Å². The lowest BCUT2D eigenvalue weighted by Gasteiger charge is -2.26. The molecule has 0 radical (unpaired) electrons. The zero-order chi connectivity index (χ0) is 12.9. The largest absolute Gasteiger partial charge is 0.496 e. The van der Waals surface area contributed by atoms with E-state index in [9.17, 15) is 4.79 Å². The standard InChI is InChI=1S/C13H19NO3/c1-13(14-2,12(15)17-4)9-10-7-5-6-8-11(10)16-3/h5-8,14H,9H2,1-4H3. The minimum atomic E-state index is -0.747. The van der Waals surface area contributed by atoms with Gasteiger partial charge in [0.05, 0.1) is 14.2 Å². The quantitative estimate of drug-likeness (QED) is 0.786. The molecule has 94 valence electrons. The molecule has 0 aliphatic rings. The van der Waals surface area contributed by atoms with Crippen LogP contribution in [0.4, 0.5) is 0 Å². The van der Waals surface area contributed by atoms with Crippen LogP contribution in [0.25, 0.3) is 0 Å². The molecule has 0 saturated carbocycles. The van der Waals surface area contributed by atoms with Crippen molar-refractivity contribution in [3.8, 4) is 5.75 Å². The summed E-state index contributed by atoms with van der Waals surface area (Å²) in [6.45, 7) is 1.81. The molecule has 0 saturated heterocycles. The van der Waals surface area contributed by atoms with Gasteiger partial charge in [-0.3, -0.25) is 4.79 Å². The van der Waals surface area contributed by atoms with Crippen LogP contribution in [0.2, 0.25) is 0 Å². The smallest absolute Gasteiger partial charge is 0.326 e. The molecule has 0 aliphatic heterocycles. The molecular weight excluding hydrogens is 218 g/mol. The maximum Gasteiger partial charge on any atom is 0.326 e. The highest BCUT2D eigenvalue weighted by Gasteiger charge is 2.33. The average molecular weight is 237 g/mol. The van der Waals surface area contributed by atoms with Gasteiger partial charge < -0.3 is 14.8 Å². The molecule has 17 heavy (non-hydrogen) atoms. The fraction of sp³-hybridized carbons (Fsp3) is 0.462. The number of hydrogen-bond donors (Lipinski definition) is 1. The number of nitrogens with one attached hydrogen (secondary N) is 1. The number of carbonyl (C=O) groups is 1. The second-order valence-electron chi connectivity index (χ2n) is 4.06. The summed E-state index contributed by atoms with van der Waals surface area (Å²) in [7, 11) is 4.75.